The summed E-state index contributed by atoms with van der Waals surface area (Å²) in [6.45, 7) is 0. The van der Waals surface area contributed by atoms with Crippen molar-refractivity contribution in [3.63, 3.8) is 0 Å². The number of nitrogens with zero attached hydrogens (tertiary/aromatic N) is 2. The van der Waals surface area contributed by atoms with Gasteiger partial charge in [-0.2, -0.15) is 0 Å². The average Bonchev–Trinajstić information content (AvgIpc) is 3.75. The van der Waals surface area contributed by atoms with Crippen molar-refractivity contribution in [2.75, 3.05) is 4.72 Å². The van der Waals surface area contributed by atoms with Gasteiger partial charge in [0.2, 0.25) is 5.43 Å². The van der Waals surface area contributed by atoms with Gasteiger partial charge in [-0.05, 0) is 60.7 Å². The molecule has 0 aliphatic heterocycles. The van der Waals surface area contributed by atoms with Gasteiger partial charge >= 0.3 is 11.9 Å². The van der Waals surface area contributed by atoms with Gasteiger partial charge in [-0.25, -0.2) is 22.4 Å². The summed E-state index contributed by atoms with van der Waals surface area (Å²) in [6.07, 6.45) is 2.41. The molecule has 41 heavy (non-hydrogen) atoms. The molecule has 0 atom stereocenters. The second-order valence-electron chi connectivity index (χ2n) is 9.50. The molecule has 1 heterocycles. The first kappa shape index (κ1) is 27.5. The Morgan fingerprint density at radius 3 is 2.32 bits per heavy atom. The first-order valence-corrected chi connectivity index (χ1v) is 13.6. The van der Waals surface area contributed by atoms with E-state index in [1.807, 2.05) is 0 Å². The molecule has 0 amide bonds. The first-order chi connectivity index (χ1) is 19.4. The summed E-state index contributed by atoms with van der Waals surface area (Å²) in [5, 5.41) is 29.7. The fourth-order valence-corrected chi connectivity index (χ4v) is 5.80. The van der Waals surface area contributed by atoms with Crippen molar-refractivity contribution >= 4 is 44.2 Å². The molecular weight excluding hydrogens is 561 g/mol. The van der Waals surface area contributed by atoms with Crippen LogP contribution >= 0.6 is 0 Å². The summed E-state index contributed by atoms with van der Waals surface area (Å²) >= 11 is 0. The molecule has 0 spiro atoms. The van der Waals surface area contributed by atoms with E-state index >= 15 is 4.39 Å². The third-order valence-corrected chi connectivity index (χ3v) is 8.14. The van der Waals surface area contributed by atoms with E-state index in [0.29, 0.717) is 18.4 Å². The lowest BCUT2D eigenvalue weighted by atomic mass is 10.0. The van der Waals surface area contributed by atoms with Gasteiger partial charge < -0.3 is 14.8 Å². The quantitative estimate of drug-likeness (QED) is 0.193. The highest BCUT2D eigenvalue weighted by Gasteiger charge is 2.29. The maximum atomic E-state index is 15.2. The van der Waals surface area contributed by atoms with Crippen molar-refractivity contribution in [1.82, 2.24) is 4.57 Å². The summed E-state index contributed by atoms with van der Waals surface area (Å²) in [6, 6.07) is 10.3. The second kappa shape index (κ2) is 10.1. The standard InChI is InChI=1S/C27H20FN3O9S/c28-21-11-19-23(30(17-5-6-17)13-20(25(19)32)27(35)36)12-22(21)29-41(39,40)24-8-7-18(31(37)38)10-16(24)9-14-1-3-15(4-2-14)26(33)34/h1-4,7-8,10-13,17,29H,5-6,9H2,(H,33,34)(H,35,36). The van der Waals surface area contributed by atoms with Crippen molar-refractivity contribution in [2.45, 2.75) is 30.2 Å². The predicted molar refractivity (Wildman–Crippen MR) is 144 cm³/mol. The van der Waals surface area contributed by atoms with Crippen molar-refractivity contribution < 1.29 is 37.5 Å². The third-order valence-electron chi connectivity index (χ3n) is 6.68. The zero-order chi connectivity index (χ0) is 29.6. The molecule has 0 unspecified atom stereocenters. The Bertz CT molecular complexity index is 1930. The van der Waals surface area contributed by atoms with Crippen LogP contribution in [0.25, 0.3) is 10.9 Å². The van der Waals surface area contributed by atoms with Crippen LogP contribution in [0.2, 0.25) is 0 Å². The van der Waals surface area contributed by atoms with E-state index < -0.39 is 49.4 Å². The predicted octanol–water partition coefficient (Wildman–Crippen LogP) is 4.17. The Hall–Kier alpha value is -5.11. The number of hydrogen-bond acceptors (Lipinski definition) is 7. The average molecular weight is 582 g/mol. The van der Waals surface area contributed by atoms with Crippen molar-refractivity contribution in [3.8, 4) is 0 Å². The maximum absolute atomic E-state index is 15.2. The molecule has 1 aliphatic carbocycles. The number of rotatable bonds is 9. The van der Waals surface area contributed by atoms with Crippen LogP contribution in [0.1, 0.15) is 50.7 Å². The number of hydrogen-bond donors (Lipinski definition) is 3. The normalized spacial score (nSPS) is 13.2. The fraction of sp³-hybridized carbons (Fsp3) is 0.148. The lowest BCUT2D eigenvalue weighted by Crippen LogP contribution is -2.20. The van der Waals surface area contributed by atoms with Gasteiger partial charge in [0.15, 0.2) is 0 Å². The zero-order valence-electron chi connectivity index (χ0n) is 20.9. The monoisotopic (exact) mass is 581 g/mol. The molecule has 1 aliphatic rings. The number of sulfonamides is 1. The molecule has 3 aromatic carbocycles. The number of carboxylic acid groups (broad SMARTS) is 2. The van der Waals surface area contributed by atoms with E-state index in [2.05, 4.69) is 4.72 Å². The number of aromatic carboxylic acids is 2. The highest BCUT2D eigenvalue weighted by molar-refractivity contribution is 7.92. The van der Waals surface area contributed by atoms with E-state index in [1.54, 1.807) is 0 Å². The Kier molecular flexibility index (Phi) is 6.78. The molecule has 0 bridgehead atoms. The molecular formula is C27H20FN3O9S. The molecule has 14 heteroatoms. The van der Waals surface area contributed by atoms with Gasteiger partial charge in [0.05, 0.1) is 26.6 Å². The smallest absolute Gasteiger partial charge is 0.341 e. The Morgan fingerprint density at radius 1 is 1.05 bits per heavy atom. The highest BCUT2D eigenvalue weighted by Crippen LogP contribution is 2.38. The number of fused-ring (bicyclic) bond motifs is 1. The highest BCUT2D eigenvalue weighted by atomic mass is 32.2. The minimum Gasteiger partial charge on any atom is -0.478 e. The molecule has 5 rings (SSSR count). The Morgan fingerprint density at radius 2 is 1.73 bits per heavy atom. The SMILES string of the molecule is O=C(O)c1ccc(Cc2cc([N+](=O)[O-])ccc2S(=O)(=O)Nc2cc3c(cc2F)c(=O)c(C(=O)O)cn3C2CC2)cc1. The van der Waals surface area contributed by atoms with Crippen LogP contribution in [0, 0.1) is 15.9 Å². The van der Waals surface area contributed by atoms with Crippen molar-refractivity contribution in [3.05, 3.63) is 109 Å². The van der Waals surface area contributed by atoms with Gasteiger partial charge in [-0.1, -0.05) is 12.1 Å². The van der Waals surface area contributed by atoms with E-state index in [4.69, 9.17) is 5.11 Å². The number of halogens is 1. The summed E-state index contributed by atoms with van der Waals surface area (Å²) in [7, 11) is -4.56. The second-order valence-corrected chi connectivity index (χ2v) is 11.1. The van der Waals surface area contributed by atoms with Crippen LogP contribution in [0.5, 0.6) is 0 Å². The fourth-order valence-electron chi connectivity index (χ4n) is 4.52. The van der Waals surface area contributed by atoms with E-state index in [0.717, 1.165) is 36.5 Å². The maximum Gasteiger partial charge on any atom is 0.341 e. The Labute approximate surface area is 230 Å². The summed E-state index contributed by atoms with van der Waals surface area (Å²) in [4.78, 5) is 45.7. The van der Waals surface area contributed by atoms with Crippen LogP contribution in [-0.2, 0) is 16.4 Å². The lowest BCUT2D eigenvalue weighted by molar-refractivity contribution is -0.385. The molecule has 210 valence electrons. The van der Waals surface area contributed by atoms with Gasteiger partial charge in [0, 0.05) is 29.8 Å². The van der Waals surface area contributed by atoms with Crippen LogP contribution in [0.3, 0.4) is 0 Å². The van der Waals surface area contributed by atoms with Crippen molar-refractivity contribution in [1.29, 1.82) is 0 Å². The number of carboxylic acids is 2. The number of nitro groups is 1. The minimum absolute atomic E-state index is 0.00281. The van der Waals surface area contributed by atoms with E-state index in [9.17, 15) is 38.0 Å². The lowest BCUT2D eigenvalue weighted by Gasteiger charge is -2.16. The van der Waals surface area contributed by atoms with Crippen LogP contribution in [0.4, 0.5) is 15.8 Å². The molecule has 3 N–H and O–H groups in total. The minimum atomic E-state index is -4.56. The van der Waals surface area contributed by atoms with Gasteiger partial charge in [0.25, 0.3) is 15.7 Å². The molecule has 0 radical (unpaired) electrons. The third kappa shape index (κ3) is 5.36. The molecule has 4 aromatic rings. The number of anilines is 1. The van der Waals surface area contributed by atoms with Gasteiger partial charge in [0.1, 0.15) is 11.4 Å². The zero-order valence-corrected chi connectivity index (χ0v) is 21.7. The Balaban J connectivity index is 1.58. The molecule has 1 saturated carbocycles. The summed E-state index contributed by atoms with van der Waals surface area (Å²) in [5.74, 6) is -3.77. The van der Waals surface area contributed by atoms with E-state index in [-0.39, 0.29) is 45.1 Å². The number of carbonyl (C=O) groups is 2. The first-order valence-electron chi connectivity index (χ1n) is 12.1. The number of aromatic nitrogens is 1. The van der Waals surface area contributed by atoms with Crippen LogP contribution < -0.4 is 10.2 Å². The summed E-state index contributed by atoms with van der Waals surface area (Å²) < 4.78 is 45.8. The number of benzene rings is 3. The van der Waals surface area contributed by atoms with Crippen LogP contribution in [-0.4, -0.2) is 40.1 Å². The largest absolute Gasteiger partial charge is 0.478 e. The van der Waals surface area contributed by atoms with Crippen LogP contribution in [0.15, 0.2) is 70.5 Å². The number of pyridine rings is 1. The number of nitrogens with one attached hydrogen (secondary N) is 1. The summed E-state index contributed by atoms with van der Waals surface area (Å²) in [5.41, 5.74) is -1.75. The molecule has 1 aromatic heterocycles. The molecule has 1 fully saturated rings. The van der Waals surface area contributed by atoms with E-state index in [1.165, 1.54) is 28.8 Å². The van der Waals surface area contributed by atoms with Gasteiger partial charge in [-0.3, -0.25) is 19.6 Å². The molecule has 12 nitrogen and oxygen atoms in total. The number of nitro benzene ring substituents is 1. The molecule has 0 saturated heterocycles. The van der Waals surface area contributed by atoms with Gasteiger partial charge in [-0.15, -0.1) is 0 Å². The topological polar surface area (TPSA) is 186 Å². The van der Waals surface area contributed by atoms with Crippen molar-refractivity contribution in [2.24, 2.45) is 0 Å². The number of non-ortho nitro benzene ring substituents is 1.